The topological polar surface area (TPSA) is 62.1 Å². The molecule has 0 saturated heterocycles. The summed E-state index contributed by atoms with van der Waals surface area (Å²) in [6.45, 7) is 4.86. The number of carbonyl (C=O) groups is 1. The quantitative estimate of drug-likeness (QED) is 0.876. The molecular weight excluding hydrogens is 282 g/mol. The van der Waals surface area contributed by atoms with Crippen LogP contribution in [0.25, 0.3) is 0 Å². The molecule has 0 aliphatic heterocycles. The van der Waals surface area contributed by atoms with Gasteiger partial charge < -0.3 is 15.6 Å². The molecule has 1 heterocycles. The van der Waals surface area contributed by atoms with Gasteiger partial charge in [-0.1, -0.05) is 13.8 Å². The third-order valence-electron chi connectivity index (χ3n) is 2.88. The number of hydrogen-bond acceptors (Lipinski definition) is 2. The van der Waals surface area contributed by atoms with Gasteiger partial charge in [-0.05, 0) is 34.3 Å². The van der Waals surface area contributed by atoms with E-state index in [9.17, 15) is 4.79 Å². The fourth-order valence-corrected chi connectivity index (χ4v) is 1.82. The van der Waals surface area contributed by atoms with Crippen LogP contribution in [0.1, 0.15) is 30.8 Å². The van der Waals surface area contributed by atoms with Crippen molar-refractivity contribution in [2.45, 2.75) is 26.3 Å². The predicted octanol–water partition coefficient (Wildman–Crippen LogP) is 2.22. The number of carbonyl (C=O) groups excluding carboxylic acids is 1. The molecule has 1 aromatic heterocycles. The molecule has 1 atom stereocenters. The van der Waals surface area contributed by atoms with E-state index in [1.165, 1.54) is 0 Å². The minimum Gasteiger partial charge on any atom is -0.356 e. The van der Waals surface area contributed by atoms with Crippen LogP contribution in [-0.2, 0) is 0 Å². The molecule has 5 heteroatoms. The maximum atomic E-state index is 12.0. The first-order valence-corrected chi connectivity index (χ1v) is 6.56. The van der Waals surface area contributed by atoms with Gasteiger partial charge in [-0.2, -0.15) is 0 Å². The second-order valence-corrected chi connectivity index (χ2v) is 5.57. The molecule has 0 aliphatic carbocycles. The zero-order valence-corrected chi connectivity index (χ0v) is 12.1. The van der Waals surface area contributed by atoms with E-state index in [1.807, 2.05) is 0 Å². The van der Waals surface area contributed by atoms with Gasteiger partial charge in [-0.3, -0.25) is 4.79 Å². The first-order chi connectivity index (χ1) is 7.91. The highest BCUT2D eigenvalue weighted by molar-refractivity contribution is 9.10. The van der Waals surface area contributed by atoms with Gasteiger partial charge in [0.05, 0.1) is 0 Å². The summed E-state index contributed by atoms with van der Waals surface area (Å²) in [5, 5.41) is 0. The second-order valence-electron chi connectivity index (χ2n) is 4.65. The maximum Gasteiger partial charge on any atom is 0.270 e. The van der Waals surface area contributed by atoms with E-state index in [2.05, 4.69) is 34.8 Å². The van der Waals surface area contributed by atoms with E-state index in [0.717, 1.165) is 10.9 Å². The zero-order chi connectivity index (χ0) is 13.0. The highest BCUT2D eigenvalue weighted by Gasteiger charge is 2.15. The molecule has 0 aromatic carbocycles. The zero-order valence-electron chi connectivity index (χ0n) is 10.5. The Morgan fingerprint density at radius 3 is 2.71 bits per heavy atom. The molecule has 17 heavy (non-hydrogen) atoms. The Morgan fingerprint density at radius 2 is 2.24 bits per heavy atom. The molecule has 0 bridgehead atoms. The third kappa shape index (κ3) is 4.16. The van der Waals surface area contributed by atoms with Crippen molar-refractivity contribution in [1.29, 1.82) is 0 Å². The molecule has 0 radical (unpaired) electrons. The van der Waals surface area contributed by atoms with Crippen LogP contribution in [0.5, 0.6) is 0 Å². The van der Waals surface area contributed by atoms with Crippen molar-refractivity contribution in [2.24, 2.45) is 11.7 Å². The summed E-state index contributed by atoms with van der Waals surface area (Å²) in [5.74, 6) is 0.435. The largest absolute Gasteiger partial charge is 0.356 e. The normalized spacial score (nSPS) is 12.8. The molecule has 1 rings (SSSR count). The molecule has 4 nitrogen and oxygen atoms in total. The number of nitrogens with two attached hydrogens (primary N) is 1. The molecule has 0 aliphatic rings. The van der Waals surface area contributed by atoms with Crippen LogP contribution < -0.4 is 5.73 Å². The van der Waals surface area contributed by atoms with Crippen molar-refractivity contribution in [1.82, 2.24) is 9.88 Å². The second kappa shape index (κ2) is 6.21. The summed E-state index contributed by atoms with van der Waals surface area (Å²) < 4.78 is 0.883. The average Bonchev–Trinajstić information content (AvgIpc) is 2.70. The lowest BCUT2D eigenvalue weighted by Crippen LogP contribution is -2.34. The van der Waals surface area contributed by atoms with Crippen LogP contribution in [0.3, 0.4) is 0 Å². The molecule has 1 unspecified atom stereocenters. The van der Waals surface area contributed by atoms with Crippen LogP contribution in [0.15, 0.2) is 16.7 Å². The Kier molecular flexibility index (Phi) is 5.21. The first-order valence-electron chi connectivity index (χ1n) is 5.76. The Hall–Kier alpha value is -0.810. The van der Waals surface area contributed by atoms with Crippen molar-refractivity contribution in [3.05, 3.63) is 22.4 Å². The number of rotatable bonds is 5. The Balaban J connectivity index is 2.48. The lowest BCUT2D eigenvalue weighted by Gasteiger charge is -2.21. The van der Waals surface area contributed by atoms with Crippen molar-refractivity contribution < 1.29 is 4.79 Å². The Morgan fingerprint density at radius 1 is 1.59 bits per heavy atom. The standard InChI is InChI=1S/C12H20BrN3O/c1-8(2)10(14)4-5-16(3)12(17)11-6-9(13)7-15-11/h6-8,10,15H,4-5,14H2,1-3H3. The lowest BCUT2D eigenvalue weighted by atomic mass is 10.0. The number of nitrogens with zero attached hydrogens (tertiary/aromatic N) is 1. The van der Waals surface area contributed by atoms with Crippen LogP contribution >= 0.6 is 15.9 Å². The van der Waals surface area contributed by atoms with Crippen molar-refractivity contribution in [3.8, 4) is 0 Å². The van der Waals surface area contributed by atoms with Gasteiger partial charge in [0.1, 0.15) is 5.69 Å². The number of hydrogen-bond donors (Lipinski definition) is 2. The maximum absolute atomic E-state index is 12.0. The Bertz CT molecular complexity index is 376. The van der Waals surface area contributed by atoms with Gasteiger partial charge in [0.2, 0.25) is 0 Å². The summed E-state index contributed by atoms with van der Waals surface area (Å²) in [7, 11) is 1.80. The number of aromatic amines is 1. The molecule has 0 fully saturated rings. The number of aromatic nitrogens is 1. The SMILES string of the molecule is CC(C)C(N)CCN(C)C(=O)c1cc(Br)c[nH]1. The van der Waals surface area contributed by atoms with E-state index in [0.29, 0.717) is 18.2 Å². The van der Waals surface area contributed by atoms with Crippen LogP contribution in [0.4, 0.5) is 0 Å². The minimum absolute atomic E-state index is 0.00773. The highest BCUT2D eigenvalue weighted by Crippen LogP contribution is 2.12. The monoisotopic (exact) mass is 301 g/mol. The lowest BCUT2D eigenvalue weighted by molar-refractivity contribution is 0.0784. The van der Waals surface area contributed by atoms with Gasteiger partial charge in [0, 0.05) is 30.3 Å². The third-order valence-corrected chi connectivity index (χ3v) is 3.34. The molecule has 3 N–H and O–H groups in total. The molecule has 1 amide bonds. The van der Waals surface area contributed by atoms with Crippen LogP contribution in [0, 0.1) is 5.92 Å². The van der Waals surface area contributed by atoms with Crippen molar-refractivity contribution in [2.75, 3.05) is 13.6 Å². The predicted molar refractivity (Wildman–Crippen MR) is 72.9 cm³/mol. The van der Waals surface area contributed by atoms with E-state index in [-0.39, 0.29) is 11.9 Å². The molecule has 96 valence electrons. The average molecular weight is 302 g/mol. The van der Waals surface area contributed by atoms with Crippen LogP contribution in [0.2, 0.25) is 0 Å². The first kappa shape index (κ1) is 14.3. The van der Waals surface area contributed by atoms with E-state index in [4.69, 9.17) is 5.73 Å². The van der Waals surface area contributed by atoms with Gasteiger partial charge >= 0.3 is 0 Å². The van der Waals surface area contributed by atoms with E-state index < -0.39 is 0 Å². The van der Waals surface area contributed by atoms with Gasteiger partial charge in [-0.15, -0.1) is 0 Å². The number of amides is 1. The molecule has 0 saturated carbocycles. The minimum atomic E-state index is -0.00773. The van der Waals surface area contributed by atoms with Crippen LogP contribution in [-0.4, -0.2) is 35.4 Å². The van der Waals surface area contributed by atoms with E-state index in [1.54, 1.807) is 24.2 Å². The van der Waals surface area contributed by atoms with Crippen molar-refractivity contribution >= 4 is 21.8 Å². The number of H-pyrrole nitrogens is 1. The fraction of sp³-hybridized carbons (Fsp3) is 0.583. The smallest absolute Gasteiger partial charge is 0.270 e. The summed E-state index contributed by atoms with van der Waals surface area (Å²) in [5.41, 5.74) is 6.55. The van der Waals surface area contributed by atoms with Gasteiger partial charge in [-0.25, -0.2) is 0 Å². The summed E-state index contributed by atoms with van der Waals surface area (Å²) in [6, 6.07) is 1.92. The summed E-state index contributed by atoms with van der Waals surface area (Å²) >= 11 is 3.31. The molecule has 0 spiro atoms. The summed E-state index contributed by atoms with van der Waals surface area (Å²) in [6.07, 6.45) is 2.57. The summed E-state index contributed by atoms with van der Waals surface area (Å²) in [4.78, 5) is 16.6. The van der Waals surface area contributed by atoms with E-state index >= 15 is 0 Å². The van der Waals surface area contributed by atoms with Gasteiger partial charge in [0.15, 0.2) is 0 Å². The fourth-order valence-electron chi connectivity index (χ4n) is 1.47. The molecule has 1 aromatic rings. The van der Waals surface area contributed by atoms with Gasteiger partial charge in [0.25, 0.3) is 5.91 Å². The Labute approximate surface area is 111 Å². The highest BCUT2D eigenvalue weighted by atomic mass is 79.9. The number of nitrogens with one attached hydrogen (secondary N) is 1. The van der Waals surface area contributed by atoms with Crippen molar-refractivity contribution in [3.63, 3.8) is 0 Å². The molecular formula is C12H20BrN3O. The number of halogens is 1.